The molecule has 0 aliphatic heterocycles. The summed E-state index contributed by atoms with van der Waals surface area (Å²) in [4.78, 5) is 11.0. The summed E-state index contributed by atoms with van der Waals surface area (Å²) in [6, 6.07) is 92.4. The Bertz CT molecular complexity index is 3800. The molecule has 312 valence electrons. The van der Waals surface area contributed by atoms with E-state index < -0.39 is 5.41 Å². The van der Waals surface area contributed by atoms with Gasteiger partial charge in [-0.3, -0.25) is 0 Å². The Morgan fingerprint density at radius 2 is 0.806 bits per heavy atom. The highest BCUT2D eigenvalue weighted by Crippen LogP contribution is 2.58. The summed E-state index contributed by atoms with van der Waals surface area (Å²) in [6.45, 7) is 0. The molecule has 0 saturated heterocycles. The van der Waals surface area contributed by atoms with Crippen LogP contribution in [0, 0.1) is 0 Å². The summed E-state index contributed by atoms with van der Waals surface area (Å²) in [7, 11) is 0. The molecule has 13 rings (SSSR count). The minimum Gasteiger partial charge on any atom is -0.228 e. The van der Waals surface area contributed by atoms with Gasteiger partial charge in [-0.15, -0.1) is 0 Å². The zero-order chi connectivity index (χ0) is 44.3. The molecule has 67 heavy (non-hydrogen) atoms. The fourth-order valence-electron chi connectivity index (χ4n) is 11.1. The molecule has 0 saturated carbocycles. The lowest BCUT2D eigenvalue weighted by molar-refractivity contribution is 0.768. The molecule has 0 spiro atoms. The first-order valence-electron chi connectivity index (χ1n) is 23.1. The Balaban J connectivity index is 1.04. The summed E-state index contributed by atoms with van der Waals surface area (Å²) in [5.74, 6) is 0.678. The topological polar surface area (TPSA) is 25.8 Å². The van der Waals surface area contributed by atoms with E-state index in [1.807, 2.05) is 0 Å². The lowest BCUT2D eigenvalue weighted by atomic mass is 9.67. The molecule has 1 heterocycles. The van der Waals surface area contributed by atoms with Crippen molar-refractivity contribution in [1.82, 2.24) is 9.97 Å². The number of rotatable bonds is 7. The van der Waals surface area contributed by atoms with Crippen molar-refractivity contribution in [2.75, 3.05) is 0 Å². The largest absolute Gasteiger partial charge is 0.228 e. The van der Waals surface area contributed by atoms with Crippen LogP contribution in [0.2, 0.25) is 0 Å². The van der Waals surface area contributed by atoms with Crippen LogP contribution in [0.25, 0.3) is 99.6 Å². The second-order valence-corrected chi connectivity index (χ2v) is 17.6. The minimum atomic E-state index is -0.531. The normalized spacial score (nSPS) is 12.6. The maximum atomic E-state index is 5.57. The van der Waals surface area contributed by atoms with Crippen LogP contribution >= 0.6 is 0 Å². The van der Waals surface area contributed by atoms with E-state index in [2.05, 4.69) is 255 Å². The van der Waals surface area contributed by atoms with Gasteiger partial charge in [-0.25, -0.2) is 9.97 Å². The Morgan fingerprint density at radius 1 is 0.269 bits per heavy atom. The third kappa shape index (κ3) is 6.18. The van der Waals surface area contributed by atoms with Gasteiger partial charge in [0.05, 0.1) is 16.8 Å². The van der Waals surface area contributed by atoms with Crippen molar-refractivity contribution in [3.63, 3.8) is 0 Å². The highest BCUT2D eigenvalue weighted by atomic mass is 14.9. The zero-order valence-corrected chi connectivity index (χ0v) is 36.6. The summed E-state index contributed by atoms with van der Waals surface area (Å²) in [5.41, 5.74) is 16.4. The molecule has 0 amide bonds. The quantitative estimate of drug-likeness (QED) is 0.118. The van der Waals surface area contributed by atoms with Crippen LogP contribution in [0.1, 0.15) is 22.3 Å². The molecule has 2 nitrogen and oxygen atoms in total. The molecule has 0 radical (unpaired) electrons. The highest BCUT2D eigenvalue weighted by molar-refractivity contribution is 6.20. The van der Waals surface area contributed by atoms with Gasteiger partial charge >= 0.3 is 0 Å². The fourth-order valence-corrected chi connectivity index (χ4v) is 11.1. The molecule has 0 atom stereocenters. The van der Waals surface area contributed by atoms with Crippen molar-refractivity contribution in [3.05, 3.63) is 277 Å². The number of nitrogens with zero attached hydrogens (tertiary/aromatic N) is 2. The van der Waals surface area contributed by atoms with Gasteiger partial charge in [0.15, 0.2) is 5.82 Å². The standard InChI is InChI=1S/C65H42N2/c1-4-19-43(20-5-1)50-27-14-15-30-53(50)60-42-61(56-32-18-34-59-63(56)55-31-16-17-33-58(55)65(59,48-23-6-2-7-24-48)49-25-8-3-9-26-49)67-64(66-60)46-37-35-45(36-38-46)62-52-29-13-11-22-47(52)41-57-51-28-12-10-21-44(51)39-40-54(57)62/h1-42H. The zero-order valence-electron chi connectivity index (χ0n) is 36.6. The third-order valence-electron chi connectivity index (χ3n) is 14.0. The van der Waals surface area contributed by atoms with Gasteiger partial charge in [0, 0.05) is 16.7 Å². The second-order valence-electron chi connectivity index (χ2n) is 17.6. The average molecular weight is 851 g/mol. The van der Waals surface area contributed by atoms with Gasteiger partial charge in [0.25, 0.3) is 0 Å². The number of hydrogen-bond donors (Lipinski definition) is 0. The van der Waals surface area contributed by atoms with Crippen LogP contribution in [-0.2, 0) is 5.41 Å². The molecular formula is C65H42N2. The lowest BCUT2D eigenvalue weighted by Gasteiger charge is -2.33. The first-order chi connectivity index (χ1) is 33.2. The molecule has 1 aliphatic rings. The monoisotopic (exact) mass is 850 g/mol. The van der Waals surface area contributed by atoms with Crippen molar-refractivity contribution in [3.8, 4) is 67.3 Å². The molecule has 2 heteroatoms. The maximum Gasteiger partial charge on any atom is 0.160 e. The smallest absolute Gasteiger partial charge is 0.160 e. The summed E-state index contributed by atoms with van der Waals surface area (Å²) < 4.78 is 0. The molecule has 0 N–H and O–H groups in total. The van der Waals surface area contributed by atoms with E-state index in [1.165, 1.54) is 71.3 Å². The Morgan fingerprint density at radius 3 is 1.54 bits per heavy atom. The van der Waals surface area contributed by atoms with Crippen LogP contribution in [0.4, 0.5) is 0 Å². The van der Waals surface area contributed by atoms with Gasteiger partial charge in [0.2, 0.25) is 0 Å². The molecule has 1 aromatic heterocycles. The first-order valence-corrected chi connectivity index (χ1v) is 23.1. The van der Waals surface area contributed by atoms with Crippen LogP contribution in [0.15, 0.2) is 255 Å². The molecule has 0 bridgehead atoms. The Hall–Kier alpha value is -8.72. The molecule has 0 fully saturated rings. The molecule has 11 aromatic carbocycles. The number of hydrogen-bond acceptors (Lipinski definition) is 2. The van der Waals surface area contributed by atoms with Crippen molar-refractivity contribution in [2.45, 2.75) is 5.41 Å². The Labute approximate surface area is 390 Å². The van der Waals surface area contributed by atoms with Crippen LogP contribution in [0.3, 0.4) is 0 Å². The predicted octanol–water partition coefficient (Wildman–Crippen LogP) is 16.6. The minimum absolute atomic E-state index is 0.531. The molecule has 1 aliphatic carbocycles. The predicted molar refractivity (Wildman–Crippen MR) is 279 cm³/mol. The Kier molecular flexibility index (Phi) is 9.11. The van der Waals surface area contributed by atoms with Gasteiger partial charge in [-0.1, -0.05) is 243 Å². The van der Waals surface area contributed by atoms with E-state index in [9.17, 15) is 0 Å². The highest BCUT2D eigenvalue weighted by Gasteiger charge is 2.46. The lowest BCUT2D eigenvalue weighted by Crippen LogP contribution is -2.28. The summed E-state index contributed by atoms with van der Waals surface area (Å²) in [6.07, 6.45) is 0. The average Bonchev–Trinajstić information content (AvgIpc) is 3.72. The second kappa shape index (κ2) is 15.8. The van der Waals surface area contributed by atoms with Crippen molar-refractivity contribution >= 4 is 32.3 Å². The fraction of sp³-hybridized carbons (Fsp3) is 0.0154. The number of fused-ring (bicyclic) bond motifs is 7. The van der Waals surface area contributed by atoms with E-state index in [0.29, 0.717) is 5.82 Å². The summed E-state index contributed by atoms with van der Waals surface area (Å²) in [5, 5.41) is 7.46. The molecular weight excluding hydrogens is 809 g/mol. The number of benzene rings is 11. The third-order valence-corrected chi connectivity index (χ3v) is 14.0. The van der Waals surface area contributed by atoms with Gasteiger partial charge < -0.3 is 0 Å². The van der Waals surface area contributed by atoms with Crippen molar-refractivity contribution in [2.24, 2.45) is 0 Å². The SMILES string of the molecule is c1ccc(-c2ccccc2-c2cc(-c3cccc4c3-c3ccccc3C4(c3ccccc3)c3ccccc3)nc(-c3ccc(-c4c5ccccc5cc5c4ccc4ccccc45)cc3)n2)cc1. The van der Waals surface area contributed by atoms with Crippen molar-refractivity contribution in [1.29, 1.82) is 0 Å². The van der Waals surface area contributed by atoms with Crippen molar-refractivity contribution < 1.29 is 0 Å². The van der Waals surface area contributed by atoms with E-state index in [1.54, 1.807) is 0 Å². The van der Waals surface area contributed by atoms with Crippen LogP contribution < -0.4 is 0 Å². The first kappa shape index (κ1) is 38.7. The van der Waals surface area contributed by atoms with E-state index in [4.69, 9.17) is 9.97 Å². The van der Waals surface area contributed by atoms with Crippen LogP contribution in [-0.4, -0.2) is 9.97 Å². The van der Waals surface area contributed by atoms with Gasteiger partial charge in [0.1, 0.15) is 0 Å². The van der Waals surface area contributed by atoms with E-state index in [-0.39, 0.29) is 0 Å². The van der Waals surface area contributed by atoms with Gasteiger partial charge in [-0.05, 0) is 100 Å². The number of aromatic nitrogens is 2. The van der Waals surface area contributed by atoms with Gasteiger partial charge in [-0.2, -0.15) is 0 Å². The summed E-state index contributed by atoms with van der Waals surface area (Å²) >= 11 is 0. The van der Waals surface area contributed by atoms with Crippen LogP contribution in [0.5, 0.6) is 0 Å². The molecule has 0 unspecified atom stereocenters. The van der Waals surface area contributed by atoms with E-state index in [0.717, 1.165) is 44.8 Å². The maximum absolute atomic E-state index is 5.57. The molecule has 12 aromatic rings. The van der Waals surface area contributed by atoms with E-state index >= 15 is 0 Å².